The van der Waals surface area contributed by atoms with Gasteiger partial charge in [-0.2, -0.15) is 0 Å². The maximum absolute atomic E-state index is 7.49. The van der Waals surface area contributed by atoms with Gasteiger partial charge in [0.15, 0.2) is 0 Å². The molecule has 3 aliphatic rings. The minimum Gasteiger partial charge on any atom is -0.451 e. The maximum atomic E-state index is 7.49. The van der Waals surface area contributed by atoms with Crippen LogP contribution in [0.1, 0.15) is 128 Å². The lowest BCUT2D eigenvalue weighted by Crippen LogP contribution is -2.62. The molecule has 1 spiro atoms. The molecule has 2 nitrogen and oxygen atoms in total. The van der Waals surface area contributed by atoms with Crippen LogP contribution in [0.4, 0.5) is 0 Å². The van der Waals surface area contributed by atoms with E-state index in [9.17, 15) is 0 Å². The summed E-state index contributed by atoms with van der Waals surface area (Å²) in [5.41, 5.74) is 2.79. The van der Waals surface area contributed by atoms with Crippen molar-refractivity contribution < 1.29 is 9.47 Å². The fourth-order valence-electron chi connectivity index (χ4n) is 8.55. The van der Waals surface area contributed by atoms with E-state index in [2.05, 4.69) is 119 Å². The van der Waals surface area contributed by atoms with Crippen LogP contribution >= 0.6 is 15.8 Å². The van der Waals surface area contributed by atoms with Crippen LogP contribution in [0, 0.1) is 11.8 Å². The van der Waals surface area contributed by atoms with Gasteiger partial charge in [0.05, 0.1) is 0 Å². The quantitative estimate of drug-likeness (QED) is 0.314. The van der Waals surface area contributed by atoms with Crippen LogP contribution in [-0.2, 0) is 12.8 Å². The molecule has 0 N–H and O–H groups in total. The smallest absolute Gasteiger partial charge is 0.257 e. The zero-order chi connectivity index (χ0) is 29.5. The van der Waals surface area contributed by atoms with E-state index in [1.165, 1.54) is 41.0 Å². The summed E-state index contributed by atoms with van der Waals surface area (Å²) in [4.78, 5) is 0. The average molecular weight is 613 g/mol. The lowest BCUT2D eigenvalue weighted by atomic mass is 9.68. The predicted octanol–water partition coefficient (Wildman–Crippen LogP) is 11.0. The first-order chi connectivity index (χ1) is 18.3. The summed E-state index contributed by atoms with van der Waals surface area (Å²) in [6.07, 6.45) is 5.74. The van der Waals surface area contributed by atoms with Crippen molar-refractivity contribution in [3.05, 3.63) is 47.5 Å². The summed E-state index contributed by atoms with van der Waals surface area (Å²) in [6.45, 7) is 29.0. The van der Waals surface area contributed by atoms with Gasteiger partial charge in [-0.1, -0.05) is 157 Å². The lowest BCUT2D eigenvalue weighted by molar-refractivity contribution is -0.225. The largest absolute Gasteiger partial charge is 0.451 e. The third-order valence-electron chi connectivity index (χ3n) is 9.02. The van der Waals surface area contributed by atoms with Gasteiger partial charge in [-0.25, -0.2) is 0 Å². The number of hydrogen-bond donors (Lipinski definition) is 0. The summed E-state index contributed by atoms with van der Waals surface area (Å²) in [7, 11) is -0.965. The van der Waals surface area contributed by atoms with Gasteiger partial charge in [0.25, 0.3) is 5.79 Å². The Balaban J connectivity index is 0.00000242. The molecule has 4 heteroatoms. The van der Waals surface area contributed by atoms with E-state index < -0.39 is 21.6 Å². The molecule has 5 rings (SSSR count). The number of para-hydroxylation sites is 2. The van der Waals surface area contributed by atoms with Gasteiger partial charge in [-0.05, 0) is 57.4 Å². The number of ether oxygens (including phenoxy) is 2. The Morgan fingerprint density at radius 3 is 1.21 bits per heavy atom. The second-order valence-electron chi connectivity index (χ2n) is 16.5. The third kappa shape index (κ3) is 6.20. The van der Waals surface area contributed by atoms with Gasteiger partial charge in [-0.3, -0.25) is 0 Å². The van der Waals surface area contributed by atoms with Gasteiger partial charge in [0.1, 0.15) is 11.5 Å². The fraction of sp³-hybridized carbons (Fsp3) is 0.684. The Morgan fingerprint density at radius 1 is 0.571 bits per heavy atom. The molecule has 0 bridgehead atoms. The van der Waals surface area contributed by atoms with Crippen LogP contribution in [0.2, 0.25) is 0 Å². The van der Waals surface area contributed by atoms with Crippen LogP contribution in [0.5, 0.6) is 11.5 Å². The van der Waals surface area contributed by atoms with E-state index in [-0.39, 0.29) is 35.5 Å². The van der Waals surface area contributed by atoms with Crippen molar-refractivity contribution in [3.8, 4) is 11.5 Å². The molecule has 2 heterocycles. The summed E-state index contributed by atoms with van der Waals surface area (Å²) in [5.74, 6) is 2.51. The molecule has 0 aromatic heterocycles. The monoisotopic (exact) mass is 612 g/mol. The Hall–Kier alpha value is -1.10. The molecule has 0 saturated heterocycles. The highest BCUT2D eigenvalue weighted by Crippen LogP contribution is 2.63. The first kappa shape index (κ1) is 35.4. The van der Waals surface area contributed by atoms with Crippen molar-refractivity contribution in [2.45, 2.75) is 156 Å². The SMILES string of the molecule is C.C.CC(C)(C)P(c1cccc2c1OC13Oc4c(cccc4P(C(C)(C)C)C(C)(C)C)C[C@H]1CCC[C@@H]3C2)C(C)(C)C. The van der Waals surface area contributed by atoms with Crippen LogP contribution in [0.3, 0.4) is 0 Å². The zero-order valence-electron chi connectivity index (χ0n) is 27.4. The first-order valence-electron chi connectivity index (χ1n) is 15.6. The molecular formula is C38H62O2P2. The Labute approximate surface area is 262 Å². The van der Waals surface area contributed by atoms with Crippen molar-refractivity contribution in [3.63, 3.8) is 0 Å². The van der Waals surface area contributed by atoms with Crippen molar-refractivity contribution in [1.82, 2.24) is 0 Å². The van der Waals surface area contributed by atoms with Gasteiger partial charge in [0.2, 0.25) is 0 Å². The number of fused-ring (bicyclic) bond motifs is 2. The average Bonchev–Trinajstić information content (AvgIpc) is 2.77. The fourth-order valence-corrected chi connectivity index (χ4v) is 16.7. The number of rotatable bonds is 2. The van der Waals surface area contributed by atoms with Crippen molar-refractivity contribution in [2.75, 3.05) is 0 Å². The summed E-state index contributed by atoms with van der Waals surface area (Å²) in [5, 5.41) is 3.56. The van der Waals surface area contributed by atoms with Crippen molar-refractivity contribution in [2.24, 2.45) is 11.8 Å². The minimum atomic E-state index is -0.571. The Morgan fingerprint density at radius 2 is 0.905 bits per heavy atom. The first-order valence-corrected chi connectivity index (χ1v) is 18.2. The number of benzene rings is 2. The standard InChI is InChI=1S/C36H54O2P2.2CH4/c1-32(2,3)39(33(4,5)6)28-20-13-16-24-22-26-18-15-19-27-23-25-17-14-21-29(40(34(7,8)9)35(10,11)12)31(25)38-36(26,27)37-30(24)28;;/h13-14,16-17,20-21,26-27H,15,18-19,22-23H2,1-12H3;2*1H4/t26-,27-,36?;;/m1../s1. The minimum absolute atomic E-state index is 0. The molecular weight excluding hydrogens is 550 g/mol. The molecule has 2 atom stereocenters. The predicted molar refractivity (Wildman–Crippen MR) is 191 cm³/mol. The van der Waals surface area contributed by atoms with Crippen LogP contribution in [-0.4, -0.2) is 26.4 Å². The van der Waals surface area contributed by atoms with E-state index in [0.29, 0.717) is 11.8 Å². The van der Waals surface area contributed by atoms with Crippen LogP contribution in [0.15, 0.2) is 36.4 Å². The summed E-state index contributed by atoms with van der Waals surface area (Å²) in [6, 6.07) is 14.0. The van der Waals surface area contributed by atoms with Crippen molar-refractivity contribution in [1.29, 1.82) is 0 Å². The molecule has 236 valence electrons. The Kier molecular flexibility index (Phi) is 9.84. The van der Waals surface area contributed by atoms with Crippen molar-refractivity contribution >= 4 is 26.5 Å². The lowest BCUT2D eigenvalue weighted by Gasteiger charge is -2.55. The highest BCUT2D eigenvalue weighted by atomic mass is 31.1. The molecule has 0 unspecified atom stereocenters. The van der Waals surface area contributed by atoms with Gasteiger partial charge < -0.3 is 9.47 Å². The van der Waals surface area contributed by atoms with Gasteiger partial charge in [-0.15, -0.1) is 0 Å². The summed E-state index contributed by atoms with van der Waals surface area (Å²) >= 11 is 0. The second-order valence-corrected chi connectivity index (χ2v) is 24.2. The van der Waals surface area contributed by atoms with Gasteiger partial charge >= 0.3 is 0 Å². The Bertz CT molecular complexity index is 1130. The van der Waals surface area contributed by atoms with E-state index in [1.54, 1.807) is 0 Å². The molecule has 2 aliphatic heterocycles. The van der Waals surface area contributed by atoms with E-state index >= 15 is 0 Å². The highest BCUT2D eigenvalue weighted by molar-refractivity contribution is 7.69. The third-order valence-corrected chi connectivity index (χ3v) is 16.1. The molecule has 0 radical (unpaired) electrons. The normalized spacial score (nSPS) is 23.8. The topological polar surface area (TPSA) is 18.5 Å². The van der Waals surface area contributed by atoms with E-state index in [1.807, 2.05) is 0 Å². The highest BCUT2D eigenvalue weighted by Gasteiger charge is 2.58. The summed E-state index contributed by atoms with van der Waals surface area (Å²) < 4.78 is 15.0. The van der Waals surface area contributed by atoms with Gasteiger partial charge in [0, 0.05) is 22.4 Å². The molecule has 0 amide bonds. The molecule has 42 heavy (non-hydrogen) atoms. The van der Waals surface area contributed by atoms with E-state index in [4.69, 9.17) is 9.47 Å². The molecule has 2 aromatic carbocycles. The second kappa shape index (κ2) is 11.7. The molecule has 2 aromatic rings. The van der Waals surface area contributed by atoms with Crippen LogP contribution in [0.25, 0.3) is 0 Å². The zero-order valence-corrected chi connectivity index (χ0v) is 29.2. The molecule has 1 fully saturated rings. The van der Waals surface area contributed by atoms with E-state index in [0.717, 1.165) is 24.3 Å². The maximum Gasteiger partial charge on any atom is 0.257 e. The molecule has 1 saturated carbocycles. The van der Waals surface area contributed by atoms with Crippen LogP contribution < -0.4 is 20.1 Å². The molecule has 1 aliphatic carbocycles. The number of hydrogen-bond acceptors (Lipinski definition) is 2.